The Labute approximate surface area is 108 Å². The minimum atomic E-state index is -0.00991. The summed E-state index contributed by atoms with van der Waals surface area (Å²) in [4.78, 5) is 11.9. The zero-order valence-electron chi connectivity index (χ0n) is 8.91. The summed E-state index contributed by atoms with van der Waals surface area (Å²) < 4.78 is 0.977. The fourth-order valence-corrected chi connectivity index (χ4v) is 3.16. The molecular weight excluding hydrogens is 288 g/mol. The summed E-state index contributed by atoms with van der Waals surface area (Å²) in [6, 6.07) is 2.09. The van der Waals surface area contributed by atoms with Gasteiger partial charge >= 0.3 is 0 Å². The molecule has 0 bridgehead atoms. The molecule has 1 aliphatic carbocycles. The van der Waals surface area contributed by atoms with E-state index in [4.69, 9.17) is 5.73 Å². The Kier molecular flexibility index (Phi) is 4.00. The van der Waals surface area contributed by atoms with E-state index < -0.39 is 0 Å². The number of halogens is 1. The maximum Gasteiger partial charge on any atom is 0.252 e. The summed E-state index contributed by atoms with van der Waals surface area (Å²) in [7, 11) is 0. The molecule has 1 aliphatic rings. The molecule has 0 saturated heterocycles. The smallest absolute Gasteiger partial charge is 0.252 e. The highest BCUT2D eigenvalue weighted by atomic mass is 79.9. The van der Waals surface area contributed by atoms with Gasteiger partial charge in [-0.05, 0) is 34.8 Å². The SMILES string of the molecule is NC1CCCCC1NC(=O)c1csc(Br)c1. The minimum Gasteiger partial charge on any atom is -0.348 e. The van der Waals surface area contributed by atoms with E-state index in [1.165, 1.54) is 17.8 Å². The van der Waals surface area contributed by atoms with Crippen LogP contribution in [0.15, 0.2) is 15.2 Å². The average molecular weight is 303 g/mol. The molecule has 1 fully saturated rings. The second kappa shape index (κ2) is 5.29. The number of carbonyl (C=O) groups is 1. The maximum atomic E-state index is 11.9. The molecule has 0 aliphatic heterocycles. The highest BCUT2D eigenvalue weighted by molar-refractivity contribution is 9.11. The fraction of sp³-hybridized carbons (Fsp3) is 0.545. The molecule has 2 unspecified atom stereocenters. The van der Waals surface area contributed by atoms with Gasteiger partial charge in [-0.25, -0.2) is 0 Å². The van der Waals surface area contributed by atoms with E-state index in [0.29, 0.717) is 0 Å². The lowest BCUT2D eigenvalue weighted by atomic mass is 9.91. The van der Waals surface area contributed by atoms with Gasteiger partial charge in [0.1, 0.15) is 0 Å². The zero-order chi connectivity index (χ0) is 11.5. The van der Waals surface area contributed by atoms with Crippen LogP contribution in [0.1, 0.15) is 36.0 Å². The molecule has 0 aromatic carbocycles. The summed E-state index contributed by atoms with van der Waals surface area (Å²) in [5.74, 6) is -0.00991. The maximum absolute atomic E-state index is 11.9. The molecule has 3 nitrogen and oxygen atoms in total. The van der Waals surface area contributed by atoms with E-state index in [0.717, 1.165) is 28.6 Å². The number of nitrogens with two attached hydrogens (primary N) is 1. The zero-order valence-corrected chi connectivity index (χ0v) is 11.3. The van der Waals surface area contributed by atoms with Gasteiger partial charge in [0.2, 0.25) is 0 Å². The average Bonchev–Trinajstić information content (AvgIpc) is 2.68. The van der Waals surface area contributed by atoms with E-state index in [1.807, 2.05) is 11.4 Å². The predicted octanol–water partition coefficient (Wildman–Crippen LogP) is 2.51. The Morgan fingerprint density at radius 3 is 2.88 bits per heavy atom. The third-order valence-electron chi connectivity index (χ3n) is 2.97. The van der Waals surface area contributed by atoms with Crippen LogP contribution in [0.2, 0.25) is 0 Å². The van der Waals surface area contributed by atoms with Crippen LogP contribution in [-0.4, -0.2) is 18.0 Å². The van der Waals surface area contributed by atoms with Crippen LogP contribution in [0.4, 0.5) is 0 Å². The lowest BCUT2D eigenvalue weighted by Crippen LogP contribution is -2.49. The number of thiophene rings is 1. The Morgan fingerprint density at radius 1 is 1.50 bits per heavy atom. The van der Waals surface area contributed by atoms with Crippen molar-refractivity contribution in [2.45, 2.75) is 37.8 Å². The first-order valence-electron chi connectivity index (χ1n) is 5.47. The van der Waals surface area contributed by atoms with Crippen molar-refractivity contribution in [3.05, 3.63) is 20.8 Å². The molecule has 5 heteroatoms. The molecule has 1 saturated carbocycles. The Balaban J connectivity index is 1.96. The van der Waals surface area contributed by atoms with E-state index in [-0.39, 0.29) is 18.0 Å². The van der Waals surface area contributed by atoms with Gasteiger partial charge < -0.3 is 11.1 Å². The first-order chi connectivity index (χ1) is 7.66. The van der Waals surface area contributed by atoms with Crippen LogP contribution >= 0.6 is 27.3 Å². The highest BCUT2D eigenvalue weighted by Gasteiger charge is 2.23. The van der Waals surface area contributed by atoms with Crippen molar-refractivity contribution >= 4 is 33.2 Å². The van der Waals surface area contributed by atoms with Gasteiger partial charge in [0.05, 0.1) is 9.35 Å². The molecule has 1 heterocycles. The number of rotatable bonds is 2. The van der Waals surface area contributed by atoms with Crippen molar-refractivity contribution in [1.29, 1.82) is 0 Å². The van der Waals surface area contributed by atoms with Gasteiger partial charge in [-0.2, -0.15) is 0 Å². The van der Waals surface area contributed by atoms with Crippen molar-refractivity contribution in [1.82, 2.24) is 5.32 Å². The summed E-state index contributed by atoms with van der Waals surface area (Å²) in [6.07, 6.45) is 4.35. The molecule has 88 valence electrons. The first kappa shape index (κ1) is 12.1. The number of nitrogens with one attached hydrogen (secondary N) is 1. The van der Waals surface area contributed by atoms with Crippen LogP contribution in [0.5, 0.6) is 0 Å². The number of carbonyl (C=O) groups excluding carboxylic acids is 1. The predicted molar refractivity (Wildman–Crippen MR) is 69.7 cm³/mol. The van der Waals surface area contributed by atoms with Crippen molar-refractivity contribution < 1.29 is 4.79 Å². The fourth-order valence-electron chi connectivity index (χ4n) is 2.02. The lowest BCUT2D eigenvalue weighted by molar-refractivity contribution is 0.0921. The van der Waals surface area contributed by atoms with Gasteiger partial charge in [-0.1, -0.05) is 12.8 Å². The van der Waals surface area contributed by atoms with Crippen LogP contribution in [-0.2, 0) is 0 Å². The molecule has 0 spiro atoms. The highest BCUT2D eigenvalue weighted by Crippen LogP contribution is 2.22. The molecule has 3 N–H and O–H groups in total. The van der Waals surface area contributed by atoms with E-state index >= 15 is 0 Å². The topological polar surface area (TPSA) is 55.1 Å². The molecule has 2 rings (SSSR count). The molecule has 16 heavy (non-hydrogen) atoms. The number of amides is 1. The standard InChI is InChI=1S/C11H15BrN2OS/c12-10-5-7(6-16-10)11(15)14-9-4-2-1-3-8(9)13/h5-6,8-9H,1-4,13H2,(H,14,15). The van der Waals surface area contributed by atoms with Gasteiger partial charge in [-0.15, -0.1) is 11.3 Å². The second-order valence-corrected chi connectivity index (χ2v) is 6.46. The summed E-state index contributed by atoms with van der Waals surface area (Å²) in [5, 5.41) is 4.88. The van der Waals surface area contributed by atoms with Gasteiger partial charge in [0, 0.05) is 17.5 Å². The molecule has 1 aromatic heterocycles. The minimum absolute atomic E-state index is 0.00991. The van der Waals surface area contributed by atoms with E-state index in [1.54, 1.807) is 0 Å². The third-order valence-corrected chi connectivity index (χ3v) is 4.47. The quantitative estimate of drug-likeness (QED) is 0.882. The van der Waals surface area contributed by atoms with E-state index in [9.17, 15) is 4.79 Å². The second-order valence-electron chi connectivity index (χ2n) is 4.17. The van der Waals surface area contributed by atoms with Crippen molar-refractivity contribution in [2.24, 2.45) is 5.73 Å². The third kappa shape index (κ3) is 2.84. The van der Waals surface area contributed by atoms with Crippen LogP contribution in [0.3, 0.4) is 0 Å². The monoisotopic (exact) mass is 302 g/mol. The van der Waals surface area contributed by atoms with E-state index in [2.05, 4.69) is 21.2 Å². The largest absolute Gasteiger partial charge is 0.348 e. The van der Waals surface area contributed by atoms with Gasteiger partial charge in [0.25, 0.3) is 5.91 Å². The Bertz CT molecular complexity index is 380. The van der Waals surface area contributed by atoms with Crippen molar-refractivity contribution in [3.8, 4) is 0 Å². The molecule has 1 amide bonds. The van der Waals surface area contributed by atoms with Crippen LogP contribution < -0.4 is 11.1 Å². The Morgan fingerprint density at radius 2 is 2.25 bits per heavy atom. The van der Waals surface area contributed by atoms with Gasteiger partial charge in [-0.3, -0.25) is 4.79 Å². The van der Waals surface area contributed by atoms with Crippen molar-refractivity contribution in [3.63, 3.8) is 0 Å². The summed E-state index contributed by atoms with van der Waals surface area (Å²) >= 11 is 4.87. The van der Waals surface area contributed by atoms with Crippen LogP contribution in [0.25, 0.3) is 0 Å². The lowest BCUT2D eigenvalue weighted by Gasteiger charge is -2.29. The van der Waals surface area contributed by atoms with Gasteiger partial charge in [0.15, 0.2) is 0 Å². The first-order valence-corrected chi connectivity index (χ1v) is 7.14. The molecule has 2 atom stereocenters. The normalized spacial score (nSPS) is 25.4. The molecule has 0 radical (unpaired) electrons. The van der Waals surface area contributed by atoms with Crippen LogP contribution in [0, 0.1) is 0 Å². The number of hydrogen-bond acceptors (Lipinski definition) is 3. The molecular formula is C11H15BrN2OS. The summed E-state index contributed by atoms with van der Waals surface area (Å²) in [6.45, 7) is 0. The summed E-state index contributed by atoms with van der Waals surface area (Å²) in [5.41, 5.74) is 6.71. The van der Waals surface area contributed by atoms with Crippen molar-refractivity contribution in [2.75, 3.05) is 0 Å². The Hall–Kier alpha value is -0.390. The molecule has 1 aromatic rings. The number of hydrogen-bond donors (Lipinski definition) is 2.